The van der Waals surface area contributed by atoms with Crippen LogP contribution >= 0.6 is 0 Å². The summed E-state index contributed by atoms with van der Waals surface area (Å²) in [5.74, 6) is -0.549. The summed E-state index contributed by atoms with van der Waals surface area (Å²) in [6, 6.07) is 6.56. The van der Waals surface area contributed by atoms with Gasteiger partial charge in [-0.1, -0.05) is 31.6 Å². The van der Waals surface area contributed by atoms with Crippen molar-refractivity contribution in [1.82, 2.24) is 9.55 Å². The van der Waals surface area contributed by atoms with Crippen molar-refractivity contribution in [3.8, 4) is 0 Å². The number of benzene rings is 1. The Labute approximate surface area is 139 Å². The number of hydrogen-bond acceptors (Lipinski definition) is 3. The van der Waals surface area contributed by atoms with Crippen LogP contribution in [0.4, 0.5) is 0 Å². The number of unbranched alkanes of at least 4 members (excludes halogenated alkanes) is 2. The van der Waals surface area contributed by atoms with Gasteiger partial charge in [-0.2, -0.15) is 0 Å². The molecule has 2 rings (SSSR count). The Morgan fingerprint density at radius 2 is 2.08 bits per heavy atom. The molecule has 0 radical (unpaired) electrons. The van der Waals surface area contributed by atoms with Gasteiger partial charge in [0.1, 0.15) is 10.7 Å². The van der Waals surface area contributed by atoms with Gasteiger partial charge in [0.15, 0.2) is 0 Å². The highest BCUT2D eigenvalue weighted by molar-refractivity contribution is 5.93. The van der Waals surface area contributed by atoms with Crippen LogP contribution in [0.5, 0.6) is 0 Å². The number of carbonyl (C=O) groups is 1. The Kier molecular flexibility index (Phi) is 5.52. The third-order valence-corrected chi connectivity index (χ3v) is 3.75. The van der Waals surface area contributed by atoms with Crippen molar-refractivity contribution in [2.24, 2.45) is 12.8 Å². The highest BCUT2D eigenvalue weighted by atomic mass is 16.1. The Balaban J connectivity index is 2.59. The zero-order valence-electron chi connectivity index (χ0n) is 13.8. The summed E-state index contributed by atoms with van der Waals surface area (Å²) in [6.07, 6.45) is 6.04. The molecule has 1 heterocycles. The monoisotopic (exact) mass is 327 g/mol. The fraction of sp³-hybridized carbons (Fsp3) is 0.278. The number of primary amides is 1. The molecule has 2 aromatic rings. The number of hydrogen-bond donors (Lipinski definition) is 2. The van der Waals surface area contributed by atoms with E-state index in [1.807, 2.05) is 0 Å². The second kappa shape index (κ2) is 7.59. The van der Waals surface area contributed by atoms with E-state index in [9.17, 15) is 14.4 Å². The Morgan fingerprint density at radius 1 is 1.33 bits per heavy atom. The van der Waals surface area contributed by atoms with E-state index >= 15 is 0 Å². The van der Waals surface area contributed by atoms with Gasteiger partial charge in [0, 0.05) is 12.6 Å². The molecule has 6 heteroatoms. The van der Waals surface area contributed by atoms with Crippen LogP contribution in [-0.4, -0.2) is 15.5 Å². The lowest BCUT2D eigenvalue weighted by molar-refractivity contribution is 0.100. The standard InChI is InChI=1S/C18H21N3O3/c1-3-4-5-9-15-17(23)20-14(18(24)21(15)2)11-12-7-6-8-13(10-12)16(19)22/h6-11H,3-5H2,1-2H3,(H2,19,22)(H,20,23). The molecule has 1 amide bonds. The van der Waals surface area contributed by atoms with E-state index in [1.165, 1.54) is 10.6 Å². The lowest BCUT2D eigenvalue weighted by atomic mass is 10.1. The normalized spacial score (nSPS) is 12.6. The van der Waals surface area contributed by atoms with E-state index in [0.29, 0.717) is 16.5 Å². The molecule has 1 aromatic heterocycles. The molecule has 0 fully saturated rings. The van der Waals surface area contributed by atoms with Crippen LogP contribution in [0.3, 0.4) is 0 Å². The van der Waals surface area contributed by atoms with Gasteiger partial charge < -0.3 is 15.3 Å². The number of aromatic amines is 1. The van der Waals surface area contributed by atoms with Crippen LogP contribution in [0.2, 0.25) is 0 Å². The van der Waals surface area contributed by atoms with Crippen molar-refractivity contribution in [2.45, 2.75) is 26.2 Å². The van der Waals surface area contributed by atoms with E-state index in [-0.39, 0.29) is 16.5 Å². The molecule has 0 bridgehead atoms. The van der Waals surface area contributed by atoms with Gasteiger partial charge in [0.05, 0.1) is 0 Å². The molecule has 0 aliphatic carbocycles. The summed E-state index contributed by atoms with van der Waals surface area (Å²) in [4.78, 5) is 38.5. The van der Waals surface area contributed by atoms with Crippen LogP contribution in [0.1, 0.15) is 42.1 Å². The third-order valence-electron chi connectivity index (χ3n) is 3.75. The summed E-state index contributed by atoms with van der Waals surface area (Å²) < 4.78 is 1.35. The van der Waals surface area contributed by atoms with Gasteiger partial charge in [-0.3, -0.25) is 14.4 Å². The van der Waals surface area contributed by atoms with Crippen LogP contribution < -0.4 is 27.6 Å². The second-order valence-electron chi connectivity index (χ2n) is 5.60. The highest BCUT2D eigenvalue weighted by Crippen LogP contribution is 2.04. The van der Waals surface area contributed by atoms with Crippen molar-refractivity contribution < 1.29 is 4.79 Å². The molecule has 126 valence electrons. The van der Waals surface area contributed by atoms with E-state index in [1.54, 1.807) is 37.4 Å². The van der Waals surface area contributed by atoms with Crippen LogP contribution in [0.25, 0.3) is 12.2 Å². The number of nitrogens with one attached hydrogen (secondary N) is 1. The first-order chi connectivity index (χ1) is 11.4. The quantitative estimate of drug-likeness (QED) is 0.755. The Morgan fingerprint density at radius 3 is 2.75 bits per heavy atom. The maximum absolute atomic E-state index is 12.4. The van der Waals surface area contributed by atoms with E-state index < -0.39 is 5.91 Å². The van der Waals surface area contributed by atoms with Crippen molar-refractivity contribution in [3.63, 3.8) is 0 Å². The molecule has 6 nitrogen and oxygen atoms in total. The number of nitrogens with zero attached hydrogens (tertiary/aromatic N) is 1. The summed E-state index contributed by atoms with van der Waals surface area (Å²) in [5.41, 5.74) is 5.59. The van der Waals surface area contributed by atoms with Gasteiger partial charge in [0.25, 0.3) is 11.1 Å². The van der Waals surface area contributed by atoms with Crippen molar-refractivity contribution in [2.75, 3.05) is 0 Å². The minimum Gasteiger partial charge on any atom is -0.366 e. The van der Waals surface area contributed by atoms with Crippen LogP contribution in [0, 0.1) is 0 Å². The third kappa shape index (κ3) is 3.90. The number of rotatable bonds is 5. The first-order valence-electron chi connectivity index (χ1n) is 7.85. The van der Waals surface area contributed by atoms with Gasteiger partial charge >= 0.3 is 0 Å². The Hall–Kier alpha value is -2.89. The van der Waals surface area contributed by atoms with E-state index in [4.69, 9.17) is 5.73 Å². The van der Waals surface area contributed by atoms with Crippen molar-refractivity contribution in [3.05, 3.63) is 66.8 Å². The average molecular weight is 327 g/mol. The summed E-state index contributed by atoms with van der Waals surface area (Å²) >= 11 is 0. The Bertz CT molecular complexity index is 984. The smallest absolute Gasteiger partial charge is 0.274 e. The first kappa shape index (κ1) is 17.5. The largest absolute Gasteiger partial charge is 0.366 e. The molecule has 1 aromatic carbocycles. The van der Waals surface area contributed by atoms with Crippen LogP contribution in [0.15, 0.2) is 33.9 Å². The second-order valence-corrected chi connectivity index (χ2v) is 5.60. The van der Waals surface area contributed by atoms with Gasteiger partial charge in [0.2, 0.25) is 5.91 Å². The molecule has 0 aliphatic heterocycles. The number of carbonyl (C=O) groups excluding carboxylic acids is 1. The molecule has 3 N–H and O–H groups in total. The van der Waals surface area contributed by atoms with Crippen molar-refractivity contribution >= 4 is 18.1 Å². The fourth-order valence-electron chi connectivity index (χ4n) is 2.40. The first-order valence-corrected chi connectivity index (χ1v) is 7.85. The zero-order chi connectivity index (χ0) is 17.7. The van der Waals surface area contributed by atoms with E-state index in [2.05, 4.69) is 11.9 Å². The lowest BCUT2D eigenvalue weighted by Gasteiger charge is -2.01. The van der Waals surface area contributed by atoms with Gasteiger partial charge in [-0.25, -0.2) is 0 Å². The molecule has 0 saturated heterocycles. The van der Waals surface area contributed by atoms with Gasteiger partial charge in [-0.05, 0) is 36.6 Å². The topological polar surface area (TPSA) is 97.9 Å². The lowest BCUT2D eigenvalue weighted by Crippen LogP contribution is -2.52. The maximum atomic E-state index is 12.4. The molecule has 24 heavy (non-hydrogen) atoms. The predicted octanol–water partition coefficient (Wildman–Crippen LogP) is -0.0280. The molecule has 0 spiro atoms. The molecule has 0 unspecified atom stereocenters. The summed E-state index contributed by atoms with van der Waals surface area (Å²) in [5, 5.41) is 0.522. The number of H-pyrrole nitrogens is 1. The van der Waals surface area contributed by atoms with Gasteiger partial charge in [-0.15, -0.1) is 0 Å². The minimum atomic E-state index is -0.549. The van der Waals surface area contributed by atoms with Crippen LogP contribution in [-0.2, 0) is 7.05 Å². The number of nitrogens with two attached hydrogens (primary N) is 1. The highest BCUT2D eigenvalue weighted by Gasteiger charge is 2.03. The molecule has 0 atom stereocenters. The molecule has 0 aliphatic rings. The zero-order valence-corrected chi connectivity index (χ0v) is 13.8. The molecular weight excluding hydrogens is 306 g/mol. The average Bonchev–Trinajstić information content (AvgIpc) is 2.56. The minimum absolute atomic E-state index is 0.164. The molecular formula is C18H21N3O3. The van der Waals surface area contributed by atoms with E-state index in [0.717, 1.165) is 19.3 Å². The van der Waals surface area contributed by atoms with Crippen molar-refractivity contribution in [1.29, 1.82) is 0 Å². The summed E-state index contributed by atoms with van der Waals surface area (Å²) in [7, 11) is 1.58. The molecule has 0 saturated carbocycles. The maximum Gasteiger partial charge on any atom is 0.274 e. The summed E-state index contributed by atoms with van der Waals surface area (Å²) in [6.45, 7) is 2.06. The predicted molar refractivity (Wildman–Crippen MR) is 94.1 cm³/mol. The fourth-order valence-corrected chi connectivity index (χ4v) is 2.40. The number of aromatic nitrogens is 2. The number of amides is 1. The SMILES string of the molecule is CCCCC=c1c(=O)[nH]c(=Cc2cccc(C(N)=O)c2)c(=O)n1C.